The van der Waals surface area contributed by atoms with Crippen molar-refractivity contribution in [1.82, 2.24) is 0 Å². The van der Waals surface area contributed by atoms with Gasteiger partial charge in [-0.3, -0.25) is 9.59 Å². The van der Waals surface area contributed by atoms with E-state index in [0.29, 0.717) is 23.9 Å². The molecule has 29 heavy (non-hydrogen) atoms. The minimum absolute atomic E-state index is 0.180. The van der Waals surface area contributed by atoms with E-state index in [1.807, 2.05) is 24.3 Å². The standard InChI is InChI=1S/C23H31NO5/c1-2-29-21(27)13-24-19-10-6-5-9-17(19)23(14-25,22(24)28)18-11-15-7-3-4-8-16(15)12-20(18)26/h5-6,9-10,15-16,18,20,25-26H,2-4,7-8,11-14H2,1H3. The molecular weight excluding hydrogens is 370 g/mol. The van der Waals surface area contributed by atoms with Crippen molar-refractivity contribution in [1.29, 1.82) is 0 Å². The first-order chi connectivity index (χ1) is 14.0. The summed E-state index contributed by atoms with van der Waals surface area (Å²) in [5.41, 5.74) is 0.151. The van der Waals surface area contributed by atoms with Gasteiger partial charge in [-0.1, -0.05) is 43.9 Å². The van der Waals surface area contributed by atoms with Gasteiger partial charge in [-0.25, -0.2) is 0 Å². The molecule has 1 aromatic rings. The SMILES string of the molecule is CCOC(=O)CN1C(=O)C(CO)(C2CC3CCCCC3CC2O)c2ccccc21. The third kappa shape index (κ3) is 3.26. The highest BCUT2D eigenvalue weighted by Gasteiger charge is 2.59. The molecule has 2 N–H and O–H groups in total. The number of fused-ring (bicyclic) bond motifs is 2. The Bertz CT molecular complexity index is 780. The molecular formula is C23H31NO5. The van der Waals surface area contributed by atoms with Gasteiger partial charge in [0.05, 0.1) is 19.3 Å². The van der Waals surface area contributed by atoms with Gasteiger partial charge in [0, 0.05) is 11.6 Å². The van der Waals surface area contributed by atoms with E-state index >= 15 is 0 Å². The Labute approximate surface area is 171 Å². The summed E-state index contributed by atoms with van der Waals surface area (Å²) in [6.07, 6.45) is 5.44. The van der Waals surface area contributed by atoms with Crippen LogP contribution < -0.4 is 4.90 Å². The number of aliphatic hydroxyl groups is 2. The van der Waals surface area contributed by atoms with Crippen molar-refractivity contribution in [3.8, 4) is 0 Å². The number of amides is 1. The number of carbonyl (C=O) groups excluding carboxylic acids is 2. The Balaban J connectivity index is 1.72. The second kappa shape index (κ2) is 8.07. The van der Waals surface area contributed by atoms with Crippen LogP contribution in [0.5, 0.6) is 0 Å². The molecule has 5 atom stereocenters. The number of nitrogens with zero attached hydrogens (tertiary/aromatic N) is 1. The molecule has 0 radical (unpaired) electrons. The van der Waals surface area contributed by atoms with Crippen molar-refractivity contribution < 1.29 is 24.5 Å². The average Bonchev–Trinajstić information content (AvgIpc) is 2.96. The summed E-state index contributed by atoms with van der Waals surface area (Å²) in [5.74, 6) is -0.131. The molecule has 1 heterocycles. The summed E-state index contributed by atoms with van der Waals surface area (Å²) < 4.78 is 5.06. The Kier molecular flexibility index (Phi) is 5.67. The Hall–Kier alpha value is -1.92. The number of hydrogen-bond acceptors (Lipinski definition) is 5. The van der Waals surface area contributed by atoms with Gasteiger partial charge in [-0.05, 0) is 43.2 Å². The highest BCUT2D eigenvalue weighted by molar-refractivity contribution is 6.10. The summed E-state index contributed by atoms with van der Waals surface area (Å²) >= 11 is 0. The van der Waals surface area contributed by atoms with Crippen LogP contribution in [0.4, 0.5) is 5.69 Å². The number of carbonyl (C=O) groups is 2. The molecule has 6 nitrogen and oxygen atoms in total. The molecule has 5 unspecified atom stereocenters. The molecule has 1 amide bonds. The van der Waals surface area contributed by atoms with Crippen molar-refractivity contribution in [3.63, 3.8) is 0 Å². The lowest BCUT2D eigenvalue weighted by Gasteiger charge is -2.47. The normalized spacial score (nSPS) is 33.9. The van der Waals surface area contributed by atoms with Gasteiger partial charge in [-0.2, -0.15) is 0 Å². The van der Waals surface area contributed by atoms with Crippen LogP contribution in [0.3, 0.4) is 0 Å². The quantitative estimate of drug-likeness (QED) is 0.740. The zero-order valence-electron chi connectivity index (χ0n) is 17.0. The van der Waals surface area contributed by atoms with Crippen molar-refractivity contribution in [2.75, 3.05) is 24.7 Å². The number of anilines is 1. The zero-order valence-corrected chi connectivity index (χ0v) is 17.0. The van der Waals surface area contributed by atoms with Crippen molar-refractivity contribution in [3.05, 3.63) is 29.8 Å². The highest BCUT2D eigenvalue weighted by atomic mass is 16.5. The van der Waals surface area contributed by atoms with E-state index in [1.54, 1.807) is 6.92 Å². The second-order valence-corrected chi connectivity index (χ2v) is 8.79. The summed E-state index contributed by atoms with van der Waals surface area (Å²) in [6, 6.07) is 7.34. The maximum Gasteiger partial charge on any atom is 0.326 e. The number of hydrogen-bond donors (Lipinski definition) is 2. The molecule has 1 aliphatic heterocycles. The van der Waals surface area contributed by atoms with Gasteiger partial charge in [-0.15, -0.1) is 0 Å². The molecule has 158 valence electrons. The van der Waals surface area contributed by atoms with Crippen LogP contribution in [0.1, 0.15) is 51.0 Å². The van der Waals surface area contributed by atoms with E-state index in [0.717, 1.165) is 24.8 Å². The Morgan fingerprint density at radius 1 is 1.21 bits per heavy atom. The van der Waals surface area contributed by atoms with Crippen LogP contribution >= 0.6 is 0 Å². The second-order valence-electron chi connectivity index (χ2n) is 8.79. The zero-order chi connectivity index (χ0) is 20.6. The predicted molar refractivity (Wildman–Crippen MR) is 108 cm³/mol. The smallest absolute Gasteiger partial charge is 0.326 e. The third-order valence-corrected chi connectivity index (χ3v) is 7.41. The predicted octanol–water partition coefficient (Wildman–Crippen LogP) is 2.40. The van der Waals surface area contributed by atoms with E-state index in [2.05, 4.69) is 0 Å². The Morgan fingerprint density at radius 2 is 1.90 bits per heavy atom. The lowest BCUT2D eigenvalue weighted by Crippen LogP contribution is -2.55. The van der Waals surface area contributed by atoms with E-state index in [-0.39, 0.29) is 31.6 Å². The van der Waals surface area contributed by atoms with Gasteiger partial charge in [0.2, 0.25) is 5.91 Å². The summed E-state index contributed by atoms with van der Waals surface area (Å²) in [5, 5.41) is 21.7. The van der Waals surface area contributed by atoms with Crippen LogP contribution in [0.25, 0.3) is 0 Å². The first kappa shape index (κ1) is 20.4. The van der Waals surface area contributed by atoms with Gasteiger partial charge in [0.25, 0.3) is 0 Å². The molecule has 2 aliphatic carbocycles. The lowest BCUT2D eigenvalue weighted by atomic mass is 9.58. The van der Waals surface area contributed by atoms with Crippen molar-refractivity contribution in [2.24, 2.45) is 17.8 Å². The number of esters is 1. The van der Waals surface area contributed by atoms with E-state index in [9.17, 15) is 19.8 Å². The van der Waals surface area contributed by atoms with Crippen molar-refractivity contribution in [2.45, 2.75) is 57.0 Å². The molecule has 1 aromatic carbocycles. The minimum Gasteiger partial charge on any atom is -0.465 e. The number of para-hydroxylation sites is 1. The highest BCUT2D eigenvalue weighted by Crippen LogP contribution is 2.54. The molecule has 0 spiro atoms. The fourth-order valence-corrected chi connectivity index (χ4v) is 6.07. The summed E-state index contributed by atoms with van der Waals surface area (Å²) in [4.78, 5) is 27.3. The summed E-state index contributed by atoms with van der Waals surface area (Å²) in [6.45, 7) is 1.42. The van der Waals surface area contributed by atoms with Gasteiger partial charge < -0.3 is 19.8 Å². The van der Waals surface area contributed by atoms with E-state index in [1.165, 1.54) is 17.7 Å². The topological polar surface area (TPSA) is 87.1 Å². The first-order valence-corrected chi connectivity index (χ1v) is 10.9. The first-order valence-electron chi connectivity index (χ1n) is 10.9. The van der Waals surface area contributed by atoms with Gasteiger partial charge >= 0.3 is 5.97 Å². The lowest BCUT2D eigenvalue weighted by molar-refractivity contribution is -0.143. The molecule has 0 aromatic heterocycles. The van der Waals surface area contributed by atoms with Crippen LogP contribution in [-0.2, 0) is 19.7 Å². The Morgan fingerprint density at radius 3 is 2.59 bits per heavy atom. The fourth-order valence-electron chi connectivity index (χ4n) is 6.07. The summed E-state index contributed by atoms with van der Waals surface area (Å²) in [7, 11) is 0. The van der Waals surface area contributed by atoms with Crippen LogP contribution in [0, 0.1) is 17.8 Å². The molecule has 2 saturated carbocycles. The minimum atomic E-state index is -1.20. The maximum atomic E-state index is 13.7. The van der Waals surface area contributed by atoms with Crippen LogP contribution in [0.2, 0.25) is 0 Å². The molecule has 6 heteroatoms. The molecule has 4 rings (SSSR count). The number of rotatable bonds is 5. The van der Waals surface area contributed by atoms with Crippen LogP contribution in [0.15, 0.2) is 24.3 Å². The third-order valence-electron chi connectivity index (χ3n) is 7.41. The van der Waals surface area contributed by atoms with Crippen molar-refractivity contribution >= 4 is 17.6 Å². The fraction of sp³-hybridized carbons (Fsp3) is 0.652. The average molecular weight is 402 g/mol. The molecule has 2 fully saturated rings. The number of aliphatic hydroxyl groups excluding tert-OH is 2. The maximum absolute atomic E-state index is 13.7. The van der Waals surface area contributed by atoms with E-state index < -0.39 is 17.5 Å². The molecule has 3 aliphatic rings. The molecule has 0 saturated heterocycles. The number of benzene rings is 1. The van der Waals surface area contributed by atoms with Gasteiger partial charge in [0.1, 0.15) is 12.0 Å². The monoisotopic (exact) mass is 401 g/mol. The van der Waals surface area contributed by atoms with Crippen LogP contribution in [-0.4, -0.2) is 48.0 Å². The van der Waals surface area contributed by atoms with Gasteiger partial charge in [0.15, 0.2) is 0 Å². The largest absolute Gasteiger partial charge is 0.465 e. The molecule has 0 bridgehead atoms. The number of ether oxygens (including phenoxy) is 1. The van der Waals surface area contributed by atoms with E-state index in [4.69, 9.17) is 4.74 Å².